The summed E-state index contributed by atoms with van der Waals surface area (Å²) in [5, 5.41) is 3.45. The van der Waals surface area contributed by atoms with Crippen LogP contribution in [0.4, 0.5) is 10.1 Å². The van der Waals surface area contributed by atoms with Gasteiger partial charge in [0.2, 0.25) is 0 Å². The third-order valence-electron chi connectivity index (χ3n) is 3.55. The highest BCUT2D eigenvalue weighted by atomic mass is 35.5. The van der Waals surface area contributed by atoms with Gasteiger partial charge in [0.1, 0.15) is 5.82 Å². The topological polar surface area (TPSA) is 15.3 Å². The van der Waals surface area contributed by atoms with Gasteiger partial charge in [-0.2, -0.15) is 0 Å². The molecule has 1 aromatic carbocycles. The molecule has 1 saturated heterocycles. The highest BCUT2D eigenvalue weighted by molar-refractivity contribution is 6.31. The van der Waals surface area contributed by atoms with Crippen molar-refractivity contribution in [3.63, 3.8) is 0 Å². The summed E-state index contributed by atoms with van der Waals surface area (Å²) >= 11 is 5.73. The van der Waals surface area contributed by atoms with Crippen LogP contribution in [0.15, 0.2) is 18.2 Å². The number of nitrogens with one attached hydrogen (secondary N) is 1. The van der Waals surface area contributed by atoms with Crippen LogP contribution in [-0.2, 0) is 0 Å². The summed E-state index contributed by atoms with van der Waals surface area (Å²) in [4.78, 5) is 2.47. The van der Waals surface area contributed by atoms with Crippen molar-refractivity contribution < 1.29 is 4.39 Å². The summed E-state index contributed by atoms with van der Waals surface area (Å²) in [6, 6.07) is 4.75. The van der Waals surface area contributed by atoms with Crippen molar-refractivity contribution >= 4 is 17.3 Å². The number of benzene rings is 1. The van der Waals surface area contributed by atoms with Gasteiger partial charge in [-0.25, -0.2) is 4.39 Å². The highest BCUT2D eigenvalue weighted by Crippen LogP contribution is 2.19. The third kappa shape index (κ3) is 3.85. The SMILES string of the molecule is CC1CCN(CCNc2ccc(F)c(Cl)c2)CC1. The zero-order valence-electron chi connectivity index (χ0n) is 10.8. The van der Waals surface area contributed by atoms with E-state index in [4.69, 9.17) is 11.6 Å². The van der Waals surface area contributed by atoms with E-state index in [-0.39, 0.29) is 10.8 Å². The number of anilines is 1. The summed E-state index contributed by atoms with van der Waals surface area (Å²) in [6.07, 6.45) is 2.59. The molecule has 18 heavy (non-hydrogen) atoms. The quantitative estimate of drug-likeness (QED) is 0.899. The molecule has 2 nitrogen and oxygen atoms in total. The number of piperidine rings is 1. The largest absolute Gasteiger partial charge is 0.384 e. The minimum atomic E-state index is -0.368. The normalized spacial score (nSPS) is 17.9. The van der Waals surface area contributed by atoms with Crippen LogP contribution >= 0.6 is 11.6 Å². The Morgan fingerprint density at radius 2 is 2.11 bits per heavy atom. The predicted molar refractivity (Wildman–Crippen MR) is 74.7 cm³/mol. The van der Waals surface area contributed by atoms with Crippen LogP contribution in [-0.4, -0.2) is 31.1 Å². The molecule has 1 aliphatic heterocycles. The molecule has 0 radical (unpaired) electrons. The maximum Gasteiger partial charge on any atom is 0.141 e. The fourth-order valence-corrected chi connectivity index (χ4v) is 2.43. The number of halogens is 2. The second-order valence-electron chi connectivity index (χ2n) is 5.08. The summed E-state index contributed by atoms with van der Waals surface area (Å²) < 4.78 is 13.0. The lowest BCUT2D eigenvalue weighted by atomic mass is 9.99. The van der Waals surface area contributed by atoms with Crippen molar-refractivity contribution in [2.75, 3.05) is 31.5 Å². The smallest absolute Gasteiger partial charge is 0.141 e. The zero-order chi connectivity index (χ0) is 13.0. The first-order valence-corrected chi connectivity index (χ1v) is 6.94. The number of likely N-dealkylation sites (tertiary alicyclic amines) is 1. The van der Waals surface area contributed by atoms with Crippen molar-refractivity contribution in [3.8, 4) is 0 Å². The van der Waals surface area contributed by atoms with Crippen molar-refractivity contribution in [1.29, 1.82) is 0 Å². The van der Waals surface area contributed by atoms with Gasteiger partial charge in [0.25, 0.3) is 0 Å². The molecule has 0 bridgehead atoms. The fourth-order valence-electron chi connectivity index (χ4n) is 2.25. The van der Waals surface area contributed by atoms with E-state index in [0.717, 1.165) is 24.7 Å². The van der Waals surface area contributed by atoms with Gasteiger partial charge in [-0.15, -0.1) is 0 Å². The number of nitrogens with zero attached hydrogens (tertiary/aromatic N) is 1. The highest BCUT2D eigenvalue weighted by Gasteiger charge is 2.14. The van der Waals surface area contributed by atoms with Gasteiger partial charge in [0, 0.05) is 18.8 Å². The van der Waals surface area contributed by atoms with Gasteiger partial charge in [0.15, 0.2) is 0 Å². The lowest BCUT2D eigenvalue weighted by molar-refractivity contribution is 0.199. The van der Waals surface area contributed by atoms with Crippen LogP contribution < -0.4 is 5.32 Å². The minimum absolute atomic E-state index is 0.173. The number of rotatable bonds is 4. The van der Waals surface area contributed by atoms with Gasteiger partial charge in [-0.05, 0) is 50.0 Å². The van der Waals surface area contributed by atoms with Crippen molar-refractivity contribution in [2.45, 2.75) is 19.8 Å². The summed E-state index contributed by atoms with van der Waals surface area (Å²) in [6.45, 7) is 6.59. The Bertz CT molecular complexity index is 389. The van der Waals surface area contributed by atoms with E-state index in [0.29, 0.717) is 0 Å². The molecular formula is C14H20ClFN2. The van der Waals surface area contributed by atoms with Crippen LogP contribution in [0.3, 0.4) is 0 Å². The van der Waals surface area contributed by atoms with Gasteiger partial charge in [-0.1, -0.05) is 18.5 Å². The summed E-state index contributed by atoms with van der Waals surface area (Å²) in [7, 11) is 0. The molecule has 1 aliphatic rings. The molecule has 0 unspecified atom stereocenters. The van der Waals surface area contributed by atoms with Crippen molar-refractivity contribution in [2.24, 2.45) is 5.92 Å². The molecule has 0 spiro atoms. The van der Waals surface area contributed by atoms with E-state index in [9.17, 15) is 4.39 Å². The molecular weight excluding hydrogens is 251 g/mol. The molecule has 0 amide bonds. The molecule has 2 rings (SSSR count). The third-order valence-corrected chi connectivity index (χ3v) is 3.84. The molecule has 0 atom stereocenters. The van der Waals surface area contributed by atoms with Gasteiger partial charge < -0.3 is 10.2 Å². The Kier molecular flexibility index (Phi) is 4.84. The molecule has 1 heterocycles. The van der Waals surface area contributed by atoms with E-state index in [2.05, 4.69) is 17.1 Å². The molecule has 4 heteroatoms. The maximum atomic E-state index is 13.0. The van der Waals surface area contributed by atoms with E-state index < -0.39 is 0 Å². The van der Waals surface area contributed by atoms with Gasteiger partial charge in [-0.3, -0.25) is 0 Å². The van der Waals surface area contributed by atoms with Crippen LogP contribution in [0.1, 0.15) is 19.8 Å². The van der Waals surface area contributed by atoms with Crippen LogP contribution in [0, 0.1) is 11.7 Å². The Balaban J connectivity index is 1.73. The molecule has 100 valence electrons. The lowest BCUT2D eigenvalue weighted by Crippen LogP contribution is -2.36. The average molecular weight is 271 g/mol. The second-order valence-corrected chi connectivity index (χ2v) is 5.49. The molecule has 0 saturated carbocycles. The first kappa shape index (κ1) is 13.6. The second kappa shape index (κ2) is 6.39. The van der Waals surface area contributed by atoms with E-state index in [1.54, 1.807) is 12.1 Å². The van der Waals surface area contributed by atoms with E-state index >= 15 is 0 Å². The number of hydrogen-bond acceptors (Lipinski definition) is 2. The van der Waals surface area contributed by atoms with Gasteiger partial charge >= 0.3 is 0 Å². The predicted octanol–water partition coefficient (Wildman–Crippen LogP) is 3.62. The fraction of sp³-hybridized carbons (Fsp3) is 0.571. The molecule has 0 aromatic heterocycles. The van der Waals surface area contributed by atoms with Crippen LogP contribution in [0.25, 0.3) is 0 Å². The molecule has 0 aliphatic carbocycles. The summed E-state index contributed by atoms with van der Waals surface area (Å²) in [5.74, 6) is 0.498. The Labute approximate surface area is 113 Å². The van der Waals surface area contributed by atoms with Crippen LogP contribution in [0.2, 0.25) is 5.02 Å². The monoisotopic (exact) mass is 270 g/mol. The Morgan fingerprint density at radius 3 is 2.78 bits per heavy atom. The summed E-state index contributed by atoms with van der Waals surface area (Å²) in [5.41, 5.74) is 0.881. The maximum absolute atomic E-state index is 13.0. The standard InChI is InChI=1S/C14H20ClFN2/c1-11-4-7-18(8-5-11)9-6-17-12-2-3-14(16)13(15)10-12/h2-3,10-11,17H,4-9H2,1H3. The first-order valence-electron chi connectivity index (χ1n) is 6.56. The van der Waals surface area contributed by atoms with E-state index in [1.807, 2.05) is 0 Å². The van der Waals surface area contributed by atoms with Crippen molar-refractivity contribution in [1.82, 2.24) is 4.90 Å². The van der Waals surface area contributed by atoms with E-state index in [1.165, 1.54) is 32.0 Å². The lowest BCUT2D eigenvalue weighted by Gasteiger charge is -2.30. The molecule has 1 N–H and O–H groups in total. The number of hydrogen-bond donors (Lipinski definition) is 1. The average Bonchev–Trinajstić information content (AvgIpc) is 2.36. The zero-order valence-corrected chi connectivity index (χ0v) is 11.5. The first-order chi connectivity index (χ1) is 8.65. The van der Waals surface area contributed by atoms with Crippen molar-refractivity contribution in [3.05, 3.63) is 29.0 Å². The molecule has 1 fully saturated rings. The Morgan fingerprint density at radius 1 is 1.39 bits per heavy atom. The Hall–Kier alpha value is -0.800. The minimum Gasteiger partial charge on any atom is -0.384 e. The molecule has 1 aromatic rings. The van der Waals surface area contributed by atoms with Crippen LogP contribution in [0.5, 0.6) is 0 Å². The van der Waals surface area contributed by atoms with Gasteiger partial charge in [0.05, 0.1) is 5.02 Å².